The quantitative estimate of drug-likeness (QED) is 0.814. The highest BCUT2D eigenvalue weighted by molar-refractivity contribution is 5.75. The maximum atomic E-state index is 12.2. The SMILES string of the molecule is CN(CC1CCN(c2ccccc2)C1)C(=O)CCn1cncn1. The molecule has 6 nitrogen and oxygen atoms in total. The molecule has 6 heteroatoms. The zero-order valence-electron chi connectivity index (χ0n) is 13.5. The van der Waals surface area contributed by atoms with E-state index in [0.29, 0.717) is 18.9 Å². The first kappa shape index (κ1) is 15.5. The number of aryl methyl sites for hydroxylation is 1. The van der Waals surface area contributed by atoms with E-state index in [9.17, 15) is 4.79 Å². The number of hydrogen-bond acceptors (Lipinski definition) is 4. The van der Waals surface area contributed by atoms with Gasteiger partial charge in [-0.05, 0) is 24.5 Å². The van der Waals surface area contributed by atoms with Crippen LogP contribution in [-0.4, -0.2) is 52.3 Å². The second kappa shape index (κ2) is 7.26. The summed E-state index contributed by atoms with van der Waals surface area (Å²) in [5.41, 5.74) is 1.27. The molecule has 1 aliphatic rings. The summed E-state index contributed by atoms with van der Waals surface area (Å²) >= 11 is 0. The van der Waals surface area contributed by atoms with Crippen LogP contribution in [-0.2, 0) is 11.3 Å². The van der Waals surface area contributed by atoms with E-state index in [1.165, 1.54) is 12.0 Å². The van der Waals surface area contributed by atoms with Crippen molar-refractivity contribution >= 4 is 11.6 Å². The molecule has 0 spiro atoms. The third-order valence-corrected chi connectivity index (χ3v) is 4.39. The predicted molar refractivity (Wildman–Crippen MR) is 89.0 cm³/mol. The van der Waals surface area contributed by atoms with Gasteiger partial charge in [-0.15, -0.1) is 0 Å². The monoisotopic (exact) mass is 313 g/mol. The summed E-state index contributed by atoms with van der Waals surface area (Å²) < 4.78 is 1.69. The zero-order valence-corrected chi connectivity index (χ0v) is 13.5. The Morgan fingerprint density at radius 1 is 1.35 bits per heavy atom. The van der Waals surface area contributed by atoms with E-state index in [1.54, 1.807) is 11.0 Å². The molecule has 23 heavy (non-hydrogen) atoms. The van der Waals surface area contributed by atoms with Gasteiger partial charge < -0.3 is 9.80 Å². The number of rotatable bonds is 6. The Morgan fingerprint density at radius 3 is 2.91 bits per heavy atom. The number of amides is 1. The summed E-state index contributed by atoms with van der Waals surface area (Å²) in [7, 11) is 1.90. The molecule has 3 rings (SSSR count). The topological polar surface area (TPSA) is 54.3 Å². The van der Waals surface area contributed by atoms with Crippen molar-refractivity contribution in [2.24, 2.45) is 5.92 Å². The van der Waals surface area contributed by atoms with E-state index >= 15 is 0 Å². The molecule has 0 aliphatic carbocycles. The first-order valence-corrected chi connectivity index (χ1v) is 8.09. The molecule has 1 unspecified atom stereocenters. The van der Waals surface area contributed by atoms with E-state index < -0.39 is 0 Å². The van der Waals surface area contributed by atoms with Crippen LogP contribution < -0.4 is 4.90 Å². The second-order valence-corrected chi connectivity index (χ2v) is 6.12. The number of aromatic nitrogens is 3. The number of carbonyl (C=O) groups excluding carboxylic acids is 1. The average Bonchev–Trinajstić information content (AvgIpc) is 3.25. The fourth-order valence-electron chi connectivity index (χ4n) is 3.09. The van der Waals surface area contributed by atoms with Gasteiger partial charge in [0.1, 0.15) is 12.7 Å². The molecule has 1 aromatic carbocycles. The van der Waals surface area contributed by atoms with E-state index in [2.05, 4.69) is 39.2 Å². The standard InChI is InChI=1S/C17H23N5O/c1-20(17(23)8-10-22-14-18-13-19-22)11-15-7-9-21(12-15)16-5-3-2-4-6-16/h2-6,13-15H,7-12H2,1H3. The Morgan fingerprint density at radius 2 is 2.17 bits per heavy atom. The highest BCUT2D eigenvalue weighted by Crippen LogP contribution is 2.23. The lowest BCUT2D eigenvalue weighted by atomic mass is 10.1. The molecule has 2 heterocycles. The summed E-state index contributed by atoms with van der Waals surface area (Å²) in [6.07, 6.45) is 4.73. The summed E-state index contributed by atoms with van der Waals surface area (Å²) in [4.78, 5) is 20.4. The van der Waals surface area contributed by atoms with Gasteiger partial charge in [-0.25, -0.2) is 4.98 Å². The lowest BCUT2D eigenvalue weighted by Gasteiger charge is -2.22. The third-order valence-electron chi connectivity index (χ3n) is 4.39. The first-order chi connectivity index (χ1) is 11.2. The lowest BCUT2D eigenvalue weighted by molar-refractivity contribution is -0.130. The van der Waals surface area contributed by atoms with Crippen LogP contribution in [0, 0.1) is 5.92 Å². The van der Waals surface area contributed by atoms with Crippen molar-refractivity contribution in [1.29, 1.82) is 0 Å². The van der Waals surface area contributed by atoms with Gasteiger partial charge in [0.15, 0.2) is 0 Å². The van der Waals surface area contributed by atoms with Crippen LogP contribution in [0.1, 0.15) is 12.8 Å². The Labute approximate surface area is 136 Å². The molecule has 1 amide bonds. The maximum absolute atomic E-state index is 12.2. The van der Waals surface area contributed by atoms with Gasteiger partial charge in [0, 0.05) is 38.8 Å². The number of hydrogen-bond donors (Lipinski definition) is 0. The minimum Gasteiger partial charge on any atom is -0.371 e. The van der Waals surface area contributed by atoms with Crippen LogP contribution in [0.5, 0.6) is 0 Å². The summed E-state index contributed by atoms with van der Waals surface area (Å²) in [5.74, 6) is 0.703. The van der Waals surface area contributed by atoms with Gasteiger partial charge in [-0.2, -0.15) is 5.10 Å². The van der Waals surface area contributed by atoms with Crippen molar-refractivity contribution < 1.29 is 4.79 Å². The van der Waals surface area contributed by atoms with Crippen LogP contribution in [0.4, 0.5) is 5.69 Å². The van der Waals surface area contributed by atoms with Crippen LogP contribution >= 0.6 is 0 Å². The number of para-hydroxylation sites is 1. The average molecular weight is 313 g/mol. The molecular weight excluding hydrogens is 290 g/mol. The number of carbonyl (C=O) groups is 1. The molecule has 1 saturated heterocycles. The van der Waals surface area contributed by atoms with Crippen molar-refractivity contribution in [2.45, 2.75) is 19.4 Å². The molecule has 0 saturated carbocycles. The largest absolute Gasteiger partial charge is 0.371 e. The van der Waals surface area contributed by atoms with Crippen molar-refractivity contribution in [3.05, 3.63) is 43.0 Å². The molecule has 1 aromatic heterocycles. The number of nitrogens with zero attached hydrogens (tertiary/aromatic N) is 5. The second-order valence-electron chi connectivity index (χ2n) is 6.12. The lowest BCUT2D eigenvalue weighted by Crippen LogP contribution is -2.33. The van der Waals surface area contributed by atoms with E-state index in [4.69, 9.17) is 0 Å². The van der Waals surface area contributed by atoms with Gasteiger partial charge in [0.2, 0.25) is 5.91 Å². The Kier molecular flexibility index (Phi) is 4.90. The Bertz CT molecular complexity index is 613. The highest BCUT2D eigenvalue weighted by Gasteiger charge is 2.24. The number of benzene rings is 1. The van der Waals surface area contributed by atoms with Crippen LogP contribution in [0.3, 0.4) is 0 Å². The summed E-state index contributed by atoms with van der Waals surface area (Å²) in [5, 5.41) is 4.02. The molecule has 0 radical (unpaired) electrons. The number of anilines is 1. The molecule has 122 valence electrons. The molecule has 1 aliphatic heterocycles. The van der Waals surface area contributed by atoms with Crippen molar-refractivity contribution in [3.63, 3.8) is 0 Å². The van der Waals surface area contributed by atoms with Gasteiger partial charge in [0.25, 0.3) is 0 Å². The Hall–Kier alpha value is -2.37. The van der Waals surface area contributed by atoms with Crippen LogP contribution in [0.2, 0.25) is 0 Å². The van der Waals surface area contributed by atoms with Gasteiger partial charge >= 0.3 is 0 Å². The van der Waals surface area contributed by atoms with Gasteiger partial charge in [-0.1, -0.05) is 18.2 Å². The minimum atomic E-state index is 0.165. The van der Waals surface area contributed by atoms with Crippen molar-refractivity contribution in [1.82, 2.24) is 19.7 Å². The smallest absolute Gasteiger partial charge is 0.224 e. The molecular formula is C17H23N5O. The predicted octanol–water partition coefficient (Wildman–Crippen LogP) is 1.65. The third kappa shape index (κ3) is 4.09. The fraction of sp³-hybridized carbons (Fsp3) is 0.471. The molecule has 1 fully saturated rings. The van der Waals surface area contributed by atoms with Gasteiger partial charge in [0.05, 0.1) is 6.54 Å². The zero-order chi connectivity index (χ0) is 16.1. The minimum absolute atomic E-state index is 0.165. The van der Waals surface area contributed by atoms with E-state index in [1.807, 2.05) is 18.0 Å². The Balaban J connectivity index is 1.45. The van der Waals surface area contributed by atoms with Gasteiger partial charge in [-0.3, -0.25) is 9.48 Å². The highest BCUT2D eigenvalue weighted by atomic mass is 16.2. The molecule has 1 atom stereocenters. The fourth-order valence-corrected chi connectivity index (χ4v) is 3.09. The normalized spacial score (nSPS) is 17.4. The van der Waals surface area contributed by atoms with Crippen molar-refractivity contribution in [2.75, 3.05) is 31.6 Å². The van der Waals surface area contributed by atoms with E-state index in [-0.39, 0.29) is 5.91 Å². The molecule has 0 N–H and O–H groups in total. The van der Waals surface area contributed by atoms with E-state index in [0.717, 1.165) is 26.1 Å². The summed E-state index contributed by atoms with van der Waals surface area (Å²) in [6.45, 7) is 3.49. The molecule has 0 bridgehead atoms. The van der Waals surface area contributed by atoms with Crippen LogP contribution in [0.15, 0.2) is 43.0 Å². The molecule has 2 aromatic rings. The first-order valence-electron chi connectivity index (χ1n) is 8.09. The summed E-state index contributed by atoms with van der Waals surface area (Å²) in [6, 6.07) is 10.5. The van der Waals surface area contributed by atoms with Crippen molar-refractivity contribution in [3.8, 4) is 0 Å². The van der Waals surface area contributed by atoms with Crippen LogP contribution in [0.25, 0.3) is 0 Å². The maximum Gasteiger partial charge on any atom is 0.224 e.